The molecule has 1 aliphatic heterocycles. The second-order valence-corrected chi connectivity index (χ2v) is 9.95. The van der Waals surface area contributed by atoms with E-state index in [4.69, 9.17) is 0 Å². The van der Waals surface area contributed by atoms with Crippen LogP contribution in [0.25, 0.3) is 0 Å². The second kappa shape index (κ2) is 9.22. The number of carbonyl (C=O) groups is 1. The van der Waals surface area contributed by atoms with Gasteiger partial charge in [0.2, 0.25) is 15.9 Å². The minimum atomic E-state index is -3.79. The van der Waals surface area contributed by atoms with E-state index in [0.717, 1.165) is 23.3 Å². The number of hydrogen-bond donors (Lipinski definition) is 1. The molecule has 3 aromatic rings. The van der Waals surface area contributed by atoms with E-state index < -0.39 is 21.8 Å². The van der Waals surface area contributed by atoms with Crippen LogP contribution < -0.4 is 5.32 Å². The first kappa shape index (κ1) is 22.2. The molecule has 1 saturated heterocycles. The molecule has 1 N–H and O–H groups in total. The predicted octanol–water partition coefficient (Wildman–Crippen LogP) is 3.42. The highest BCUT2D eigenvalue weighted by Crippen LogP contribution is 2.25. The number of halogens is 1. The molecule has 4 rings (SSSR count). The SMILES string of the molecule is Cc1cccc(Cn2nccc2NC(=O)C2CCCN(S(=O)(=O)c3ccc(F)cc3)C2)c1. The summed E-state index contributed by atoms with van der Waals surface area (Å²) in [6, 6.07) is 14.5. The standard InChI is InChI=1S/C23H25FN4O3S/c1-17-4-2-5-18(14-17)15-28-22(11-12-25-28)26-23(29)19-6-3-13-27(16-19)32(30,31)21-9-7-20(24)8-10-21/h2,4-5,7-12,14,19H,3,6,13,15-16H2,1H3,(H,26,29). The highest BCUT2D eigenvalue weighted by Gasteiger charge is 2.33. The van der Waals surface area contributed by atoms with E-state index in [0.29, 0.717) is 31.7 Å². The molecule has 9 heteroatoms. The van der Waals surface area contributed by atoms with Gasteiger partial charge in [-0.05, 0) is 49.6 Å². The Morgan fingerprint density at radius 3 is 2.72 bits per heavy atom. The smallest absolute Gasteiger partial charge is 0.243 e. The van der Waals surface area contributed by atoms with E-state index in [1.807, 2.05) is 25.1 Å². The molecule has 0 radical (unpaired) electrons. The van der Waals surface area contributed by atoms with Crippen LogP contribution in [-0.4, -0.2) is 41.5 Å². The summed E-state index contributed by atoms with van der Waals surface area (Å²) in [7, 11) is -3.79. The molecular formula is C23H25FN4O3S. The number of sulfonamides is 1. The molecule has 0 aliphatic carbocycles. The Kier molecular flexibility index (Phi) is 6.38. The number of carbonyl (C=O) groups excluding carboxylic acids is 1. The molecule has 1 amide bonds. The van der Waals surface area contributed by atoms with Gasteiger partial charge in [-0.15, -0.1) is 0 Å². The summed E-state index contributed by atoms with van der Waals surface area (Å²) in [4.78, 5) is 13.0. The van der Waals surface area contributed by atoms with Crippen LogP contribution >= 0.6 is 0 Å². The van der Waals surface area contributed by atoms with Crippen molar-refractivity contribution in [2.24, 2.45) is 5.92 Å². The molecule has 0 bridgehead atoms. The van der Waals surface area contributed by atoms with E-state index in [1.165, 1.54) is 16.4 Å². The van der Waals surface area contributed by atoms with Crippen LogP contribution in [0, 0.1) is 18.7 Å². The molecule has 2 aromatic carbocycles. The van der Waals surface area contributed by atoms with Crippen molar-refractivity contribution in [3.05, 3.63) is 77.7 Å². The number of aromatic nitrogens is 2. The summed E-state index contributed by atoms with van der Waals surface area (Å²) < 4.78 is 42.1. The predicted molar refractivity (Wildman–Crippen MR) is 119 cm³/mol. The van der Waals surface area contributed by atoms with Crippen LogP contribution in [0.3, 0.4) is 0 Å². The Hall–Kier alpha value is -3.04. The monoisotopic (exact) mass is 456 g/mol. The topological polar surface area (TPSA) is 84.3 Å². The minimum absolute atomic E-state index is 0.0242. The molecular weight excluding hydrogens is 431 g/mol. The van der Waals surface area contributed by atoms with Gasteiger partial charge < -0.3 is 5.32 Å². The van der Waals surface area contributed by atoms with Crippen LogP contribution in [0.5, 0.6) is 0 Å². The quantitative estimate of drug-likeness (QED) is 0.616. The maximum Gasteiger partial charge on any atom is 0.243 e. The third kappa shape index (κ3) is 4.89. The van der Waals surface area contributed by atoms with Crippen LogP contribution in [0.1, 0.15) is 24.0 Å². The van der Waals surface area contributed by atoms with Gasteiger partial charge >= 0.3 is 0 Å². The van der Waals surface area contributed by atoms with E-state index >= 15 is 0 Å². The van der Waals surface area contributed by atoms with Gasteiger partial charge in [-0.1, -0.05) is 29.8 Å². The number of rotatable bonds is 6. The molecule has 7 nitrogen and oxygen atoms in total. The van der Waals surface area contributed by atoms with Crippen molar-refractivity contribution in [2.75, 3.05) is 18.4 Å². The first-order valence-corrected chi connectivity index (χ1v) is 11.9. The molecule has 1 aliphatic rings. The Morgan fingerprint density at radius 1 is 1.19 bits per heavy atom. The number of benzene rings is 2. The van der Waals surface area contributed by atoms with Gasteiger partial charge in [0.05, 0.1) is 23.6 Å². The maximum atomic E-state index is 13.2. The zero-order valence-corrected chi connectivity index (χ0v) is 18.6. The van der Waals surface area contributed by atoms with Gasteiger partial charge in [0.25, 0.3) is 0 Å². The zero-order chi connectivity index (χ0) is 22.7. The number of amides is 1. The first-order chi connectivity index (χ1) is 15.3. The Bertz CT molecular complexity index is 1210. The lowest BCUT2D eigenvalue weighted by molar-refractivity contribution is -0.120. The first-order valence-electron chi connectivity index (χ1n) is 10.5. The largest absolute Gasteiger partial charge is 0.311 e. The number of anilines is 1. The van der Waals surface area contributed by atoms with Gasteiger partial charge in [-0.2, -0.15) is 9.40 Å². The van der Waals surface area contributed by atoms with Crippen LogP contribution in [0.2, 0.25) is 0 Å². The van der Waals surface area contributed by atoms with Gasteiger partial charge in [0.1, 0.15) is 11.6 Å². The van der Waals surface area contributed by atoms with Crippen molar-refractivity contribution in [3.63, 3.8) is 0 Å². The van der Waals surface area contributed by atoms with Crippen molar-refractivity contribution in [3.8, 4) is 0 Å². The van der Waals surface area contributed by atoms with Crippen molar-refractivity contribution in [2.45, 2.75) is 31.2 Å². The molecule has 2 heterocycles. The van der Waals surface area contributed by atoms with Crippen molar-refractivity contribution in [1.29, 1.82) is 0 Å². The molecule has 32 heavy (non-hydrogen) atoms. The number of nitrogens with one attached hydrogen (secondary N) is 1. The van der Waals surface area contributed by atoms with Gasteiger partial charge in [0.15, 0.2) is 0 Å². The number of piperidine rings is 1. The number of nitrogens with zero attached hydrogens (tertiary/aromatic N) is 3. The lowest BCUT2D eigenvalue weighted by atomic mass is 9.99. The van der Waals surface area contributed by atoms with Gasteiger partial charge in [-0.3, -0.25) is 4.79 Å². The molecule has 1 atom stereocenters. The Labute approximate surface area is 186 Å². The fourth-order valence-corrected chi connectivity index (χ4v) is 5.43. The van der Waals surface area contributed by atoms with Gasteiger partial charge in [-0.25, -0.2) is 17.5 Å². The maximum absolute atomic E-state index is 13.2. The zero-order valence-electron chi connectivity index (χ0n) is 17.7. The summed E-state index contributed by atoms with van der Waals surface area (Å²) in [5.74, 6) is -0.659. The van der Waals surface area contributed by atoms with Gasteiger partial charge in [0, 0.05) is 19.2 Å². The molecule has 168 valence electrons. The Balaban J connectivity index is 1.44. The van der Waals surface area contributed by atoms with Crippen molar-refractivity contribution >= 4 is 21.7 Å². The summed E-state index contributed by atoms with van der Waals surface area (Å²) in [6.07, 6.45) is 2.78. The summed E-state index contributed by atoms with van der Waals surface area (Å²) in [5.41, 5.74) is 2.21. The fraction of sp³-hybridized carbons (Fsp3) is 0.304. The molecule has 0 spiro atoms. The molecule has 1 aromatic heterocycles. The average molecular weight is 457 g/mol. The van der Waals surface area contributed by atoms with Crippen LogP contribution in [-0.2, 0) is 21.4 Å². The van der Waals surface area contributed by atoms with E-state index in [9.17, 15) is 17.6 Å². The van der Waals surface area contributed by atoms with Crippen molar-refractivity contribution < 1.29 is 17.6 Å². The van der Waals surface area contributed by atoms with Crippen molar-refractivity contribution in [1.82, 2.24) is 14.1 Å². The van der Waals surface area contributed by atoms with E-state index in [1.54, 1.807) is 16.9 Å². The number of aryl methyl sites for hydroxylation is 1. The highest BCUT2D eigenvalue weighted by molar-refractivity contribution is 7.89. The molecule has 1 fully saturated rings. The van der Waals surface area contributed by atoms with E-state index in [2.05, 4.69) is 16.5 Å². The summed E-state index contributed by atoms with van der Waals surface area (Å²) in [5, 5.41) is 7.21. The Morgan fingerprint density at radius 2 is 1.97 bits per heavy atom. The molecule has 1 unspecified atom stereocenters. The van der Waals surface area contributed by atoms with E-state index in [-0.39, 0.29) is 17.3 Å². The minimum Gasteiger partial charge on any atom is -0.311 e. The summed E-state index contributed by atoms with van der Waals surface area (Å²) >= 11 is 0. The van der Waals surface area contributed by atoms with Crippen LogP contribution in [0.4, 0.5) is 10.2 Å². The lowest BCUT2D eigenvalue weighted by Crippen LogP contribution is -2.43. The lowest BCUT2D eigenvalue weighted by Gasteiger charge is -2.31. The fourth-order valence-electron chi connectivity index (χ4n) is 3.91. The second-order valence-electron chi connectivity index (χ2n) is 8.01. The third-order valence-corrected chi connectivity index (χ3v) is 7.47. The number of hydrogen-bond acceptors (Lipinski definition) is 4. The average Bonchev–Trinajstić information content (AvgIpc) is 3.20. The third-order valence-electron chi connectivity index (χ3n) is 5.59. The van der Waals surface area contributed by atoms with Crippen LogP contribution in [0.15, 0.2) is 65.7 Å². The highest BCUT2D eigenvalue weighted by atomic mass is 32.2. The summed E-state index contributed by atoms with van der Waals surface area (Å²) in [6.45, 7) is 2.94. The molecule has 0 saturated carbocycles. The normalized spacial score (nSPS) is 17.2.